The van der Waals surface area contributed by atoms with Gasteiger partial charge in [0.2, 0.25) is 0 Å². The Bertz CT molecular complexity index is 845. The molecule has 1 aliphatic carbocycles. The quantitative estimate of drug-likeness (QED) is 0.827. The minimum absolute atomic E-state index is 0.0920. The Kier molecular flexibility index (Phi) is 4.89. The number of rotatable bonds is 3. The summed E-state index contributed by atoms with van der Waals surface area (Å²) in [5, 5.41) is 3.33. The number of nitrogens with one attached hydrogen (secondary N) is 1. The van der Waals surface area contributed by atoms with Crippen molar-refractivity contribution < 1.29 is 14.3 Å². The molecule has 3 rings (SSSR count). The van der Waals surface area contributed by atoms with E-state index in [1.54, 1.807) is 0 Å². The number of Topliss-reactive ketones (excluding diaryl/α,β-unsaturated/α-hetero) is 1. The zero-order chi connectivity index (χ0) is 19.9. The van der Waals surface area contributed by atoms with Crippen LogP contribution in [-0.4, -0.2) is 33.0 Å². The molecule has 0 saturated heterocycles. The van der Waals surface area contributed by atoms with Gasteiger partial charge in [0.25, 0.3) is 0 Å². The highest BCUT2D eigenvalue weighted by Crippen LogP contribution is 2.46. The zero-order valence-corrected chi connectivity index (χ0v) is 17.0. The Labute approximate surface area is 161 Å². The van der Waals surface area contributed by atoms with E-state index >= 15 is 0 Å². The normalized spacial score (nSPS) is 21.6. The van der Waals surface area contributed by atoms with Crippen LogP contribution in [0, 0.1) is 5.41 Å². The summed E-state index contributed by atoms with van der Waals surface area (Å²) >= 11 is 0. The number of ketones is 1. The molecule has 144 valence electrons. The minimum atomic E-state index is -0.397. The van der Waals surface area contributed by atoms with Crippen LogP contribution in [0.2, 0.25) is 0 Å². The van der Waals surface area contributed by atoms with E-state index in [4.69, 9.17) is 4.74 Å². The standard InChI is InChI=1S/C22H28N2O3/c1-13-18(21(26)27-6)19(14-7-9-15(10-8-14)24(4)5)20-16(23-13)11-22(2,3)12-17(20)25/h7-10,19,23H,11-12H2,1-6H3/t19-/m1/s1. The highest BCUT2D eigenvalue weighted by molar-refractivity contribution is 6.04. The van der Waals surface area contributed by atoms with Crippen molar-refractivity contribution >= 4 is 17.4 Å². The number of allylic oxidation sites excluding steroid dienone is 3. The predicted molar refractivity (Wildman–Crippen MR) is 106 cm³/mol. The highest BCUT2D eigenvalue weighted by Gasteiger charge is 2.42. The Morgan fingerprint density at radius 1 is 1.19 bits per heavy atom. The van der Waals surface area contributed by atoms with Crippen LogP contribution in [0.5, 0.6) is 0 Å². The summed E-state index contributed by atoms with van der Waals surface area (Å²) < 4.78 is 5.05. The molecule has 0 unspecified atom stereocenters. The molecule has 0 bridgehead atoms. The van der Waals surface area contributed by atoms with Crippen LogP contribution in [0.3, 0.4) is 0 Å². The van der Waals surface area contributed by atoms with Gasteiger partial charge in [0, 0.05) is 49.1 Å². The van der Waals surface area contributed by atoms with Gasteiger partial charge in [-0.15, -0.1) is 0 Å². The Morgan fingerprint density at radius 2 is 1.81 bits per heavy atom. The first-order valence-electron chi connectivity index (χ1n) is 9.24. The summed E-state index contributed by atoms with van der Waals surface area (Å²) in [5.41, 5.74) is 4.82. The summed E-state index contributed by atoms with van der Waals surface area (Å²) in [7, 11) is 5.35. The van der Waals surface area contributed by atoms with Crippen molar-refractivity contribution in [2.24, 2.45) is 5.41 Å². The SMILES string of the molecule is COC(=O)C1=C(C)NC2=C(C(=O)CC(C)(C)C2)[C@@H]1c1ccc(N(C)C)cc1. The molecule has 0 fully saturated rings. The lowest BCUT2D eigenvalue weighted by Gasteiger charge is -2.39. The number of ether oxygens (including phenoxy) is 1. The van der Waals surface area contributed by atoms with Gasteiger partial charge in [-0.3, -0.25) is 4.79 Å². The molecule has 1 aromatic rings. The van der Waals surface area contributed by atoms with Crippen LogP contribution in [0.1, 0.15) is 45.1 Å². The molecule has 2 aliphatic rings. The largest absolute Gasteiger partial charge is 0.466 e. The minimum Gasteiger partial charge on any atom is -0.466 e. The molecule has 0 amide bonds. The van der Waals surface area contributed by atoms with Crippen LogP contribution in [-0.2, 0) is 14.3 Å². The van der Waals surface area contributed by atoms with Crippen molar-refractivity contribution in [2.75, 3.05) is 26.1 Å². The topological polar surface area (TPSA) is 58.6 Å². The first kappa shape index (κ1) is 19.2. The van der Waals surface area contributed by atoms with Gasteiger partial charge in [0.15, 0.2) is 5.78 Å². The molecule has 0 radical (unpaired) electrons. The van der Waals surface area contributed by atoms with Gasteiger partial charge in [0.05, 0.1) is 12.7 Å². The average Bonchev–Trinajstić information content (AvgIpc) is 2.58. The zero-order valence-electron chi connectivity index (χ0n) is 17.0. The molecule has 0 aromatic heterocycles. The van der Waals surface area contributed by atoms with E-state index in [9.17, 15) is 9.59 Å². The monoisotopic (exact) mass is 368 g/mol. The Hall–Kier alpha value is -2.56. The number of carbonyl (C=O) groups excluding carboxylic acids is 2. The van der Waals surface area contributed by atoms with E-state index in [1.807, 2.05) is 50.2 Å². The second-order valence-corrected chi connectivity index (χ2v) is 8.41. The maximum Gasteiger partial charge on any atom is 0.336 e. The van der Waals surface area contributed by atoms with E-state index in [2.05, 4.69) is 19.2 Å². The van der Waals surface area contributed by atoms with Crippen molar-refractivity contribution in [2.45, 2.75) is 39.5 Å². The molecular formula is C22H28N2O3. The van der Waals surface area contributed by atoms with E-state index in [0.717, 1.165) is 29.1 Å². The highest BCUT2D eigenvalue weighted by atomic mass is 16.5. The number of hydrogen-bond donors (Lipinski definition) is 1. The first-order valence-corrected chi connectivity index (χ1v) is 9.24. The van der Waals surface area contributed by atoms with Crippen LogP contribution < -0.4 is 10.2 Å². The van der Waals surface area contributed by atoms with E-state index in [-0.39, 0.29) is 11.2 Å². The molecule has 5 nitrogen and oxygen atoms in total. The van der Waals surface area contributed by atoms with Crippen LogP contribution in [0.4, 0.5) is 5.69 Å². The Balaban J connectivity index is 2.16. The Morgan fingerprint density at radius 3 is 2.37 bits per heavy atom. The van der Waals surface area contributed by atoms with Crippen LogP contribution in [0.15, 0.2) is 46.8 Å². The number of carbonyl (C=O) groups is 2. The van der Waals surface area contributed by atoms with E-state index in [1.165, 1.54) is 7.11 Å². The molecule has 1 N–H and O–H groups in total. The smallest absolute Gasteiger partial charge is 0.336 e. The number of benzene rings is 1. The lowest BCUT2D eigenvalue weighted by atomic mass is 9.68. The number of esters is 1. The van der Waals surface area contributed by atoms with Crippen molar-refractivity contribution in [3.05, 3.63) is 52.4 Å². The molecule has 1 aliphatic heterocycles. The fourth-order valence-electron chi connectivity index (χ4n) is 4.11. The van der Waals surface area contributed by atoms with Crippen molar-refractivity contribution in [3.63, 3.8) is 0 Å². The maximum absolute atomic E-state index is 13.1. The first-order chi connectivity index (χ1) is 12.6. The molecule has 1 atom stereocenters. The second kappa shape index (κ2) is 6.87. The van der Waals surface area contributed by atoms with Gasteiger partial charge in [-0.05, 0) is 36.5 Å². The van der Waals surface area contributed by atoms with Crippen molar-refractivity contribution in [1.82, 2.24) is 5.32 Å². The third-order valence-electron chi connectivity index (χ3n) is 5.39. The summed E-state index contributed by atoms with van der Waals surface area (Å²) in [5.74, 6) is -0.691. The maximum atomic E-state index is 13.1. The van der Waals surface area contributed by atoms with Gasteiger partial charge in [0.1, 0.15) is 0 Å². The van der Waals surface area contributed by atoms with Crippen molar-refractivity contribution in [3.8, 4) is 0 Å². The molecule has 1 heterocycles. The number of methoxy groups -OCH3 is 1. The summed E-state index contributed by atoms with van der Waals surface area (Å²) in [6.07, 6.45) is 1.26. The number of anilines is 1. The van der Waals surface area contributed by atoms with Gasteiger partial charge in [-0.2, -0.15) is 0 Å². The van der Waals surface area contributed by atoms with E-state index < -0.39 is 11.9 Å². The van der Waals surface area contributed by atoms with Crippen molar-refractivity contribution in [1.29, 1.82) is 0 Å². The van der Waals surface area contributed by atoms with Gasteiger partial charge in [-0.1, -0.05) is 26.0 Å². The summed E-state index contributed by atoms with van der Waals surface area (Å²) in [6.45, 7) is 6.08. The third-order valence-corrected chi connectivity index (χ3v) is 5.39. The molecular weight excluding hydrogens is 340 g/mol. The number of dihydropyridines is 1. The molecule has 27 heavy (non-hydrogen) atoms. The lowest BCUT2D eigenvalue weighted by molar-refractivity contribution is -0.136. The molecule has 0 spiro atoms. The van der Waals surface area contributed by atoms with Gasteiger partial charge in [-0.25, -0.2) is 4.79 Å². The fraction of sp³-hybridized carbons (Fsp3) is 0.455. The predicted octanol–water partition coefficient (Wildman–Crippen LogP) is 3.53. The third kappa shape index (κ3) is 3.51. The van der Waals surface area contributed by atoms with Gasteiger partial charge < -0.3 is 15.0 Å². The molecule has 0 saturated carbocycles. The number of hydrogen-bond acceptors (Lipinski definition) is 5. The summed E-state index contributed by atoms with van der Waals surface area (Å²) in [6, 6.07) is 8.02. The average molecular weight is 368 g/mol. The van der Waals surface area contributed by atoms with Crippen LogP contribution >= 0.6 is 0 Å². The van der Waals surface area contributed by atoms with E-state index in [0.29, 0.717) is 17.6 Å². The summed E-state index contributed by atoms with van der Waals surface area (Å²) in [4.78, 5) is 27.7. The number of nitrogens with zero attached hydrogens (tertiary/aromatic N) is 1. The van der Waals surface area contributed by atoms with Crippen LogP contribution in [0.25, 0.3) is 0 Å². The van der Waals surface area contributed by atoms with Gasteiger partial charge >= 0.3 is 5.97 Å². The second-order valence-electron chi connectivity index (χ2n) is 8.41. The lowest BCUT2D eigenvalue weighted by Crippen LogP contribution is -2.38. The fourth-order valence-corrected chi connectivity index (χ4v) is 4.11. The molecule has 1 aromatic carbocycles. The molecule has 5 heteroatoms.